The van der Waals surface area contributed by atoms with E-state index in [1.54, 1.807) is 4.90 Å². The summed E-state index contributed by atoms with van der Waals surface area (Å²) < 4.78 is 6.57. The number of unbranched alkanes of at least 4 members (excludes halogenated alkanes) is 3. The highest BCUT2D eigenvalue weighted by molar-refractivity contribution is 9.09. The smallest absolute Gasteiger partial charge is 0.246 e. The SMILES string of the molecule is O=C(NC1CCCCC1)C1N(CCCCCCO)C(=O)[C@@H]2[C@H](C(=O)Nc3ccccc3)[C@H]3OC12CC3Br. The molecule has 4 fully saturated rings. The normalized spacial score (nSPS) is 33.0. The van der Waals surface area contributed by atoms with Crippen LogP contribution in [0.15, 0.2) is 30.3 Å². The maximum absolute atomic E-state index is 14.0. The first kappa shape index (κ1) is 26.6. The number of carbonyl (C=O) groups is 3. The van der Waals surface area contributed by atoms with E-state index in [1.807, 2.05) is 30.3 Å². The number of ether oxygens (including phenoxy) is 1. The Bertz CT molecular complexity index is 987. The Morgan fingerprint density at radius 2 is 1.78 bits per heavy atom. The molecule has 3 unspecified atom stereocenters. The highest BCUT2D eigenvalue weighted by Crippen LogP contribution is 2.60. The van der Waals surface area contributed by atoms with E-state index in [-0.39, 0.29) is 35.2 Å². The Labute approximate surface area is 227 Å². The van der Waals surface area contributed by atoms with Gasteiger partial charge in [0.25, 0.3) is 0 Å². The number of benzene rings is 1. The summed E-state index contributed by atoms with van der Waals surface area (Å²) in [6.07, 6.45) is 8.55. The van der Waals surface area contributed by atoms with Crippen LogP contribution in [-0.4, -0.2) is 69.5 Å². The minimum atomic E-state index is -1.02. The molecule has 3 saturated heterocycles. The largest absolute Gasteiger partial charge is 0.396 e. The number of aliphatic hydroxyl groups is 1. The molecular weight excluding hydrogens is 538 g/mol. The lowest BCUT2D eigenvalue weighted by molar-refractivity contribution is -0.141. The molecule has 1 aliphatic carbocycles. The molecular formula is C28H38BrN3O5. The second-order valence-corrected chi connectivity index (χ2v) is 12.2. The van der Waals surface area contributed by atoms with Gasteiger partial charge in [0, 0.05) is 29.7 Å². The van der Waals surface area contributed by atoms with Crippen molar-refractivity contribution in [1.82, 2.24) is 10.2 Å². The van der Waals surface area contributed by atoms with Crippen LogP contribution in [0.4, 0.5) is 5.69 Å². The Hall–Kier alpha value is -1.97. The summed E-state index contributed by atoms with van der Waals surface area (Å²) in [6.45, 7) is 0.597. The molecule has 202 valence electrons. The van der Waals surface area contributed by atoms with E-state index in [0.29, 0.717) is 18.7 Å². The molecule has 3 N–H and O–H groups in total. The zero-order chi connectivity index (χ0) is 26.0. The quantitative estimate of drug-likeness (QED) is 0.293. The average molecular weight is 577 g/mol. The summed E-state index contributed by atoms with van der Waals surface area (Å²) >= 11 is 3.73. The number of nitrogens with one attached hydrogen (secondary N) is 2. The number of fused-ring (bicyclic) bond motifs is 1. The predicted octanol–water partition coefficient (Wildman–Crippen LogP) is 3.37. The number of halogens is 1. The highest BCUT2D eigenvalue weighted by Gasteiger charge is 2.76. The van der Waals surface area contributed by atoms with Crippen LogP contribution in [-0.2, 0) is 19.1 Å². The Kier molecular flexibility index (Phi) is 8.22. The Morgan fingerprint density at radius 1 is 1.05 bits per heavy atom. The minimum absolute atomic E-state index is 0.113. The third-order valence-electron chi connectivity index (χ3n) is 8.64. The summed E-state index contributed by atoms with van der Waals surface area (Å²) in [6, 6.07) is 8.61. The lowest BCUT2D eigenvalue weighted by Crippen LogP contribution is -2.57. The van der Waals surface area contributed by atoms with Gasteiger partial charge in [-0.3, -0.25) is 14.4 Å². The maximum atomic E-state index is 14.0. The number of hydrogen-bond donors (Lipinski definition) is 3. The van der Waals surface area contributed by atoms with Crippen molar-refractivity contribution in [1.29, 1.82) is 0 Å². The first-order chi connectivity index (χ1) is 18.0. The second kappa shape index (κ2) is 11.4. The van der Waals surface area contributed by atoms with Crippen LogP contribution in [0.3, 0.4) is 0 Å². The number of aliphatic hydroxyl groups excluding tert-OH is 1. The number of anilines is 1. The van der Waals surface area contributed by atoms with E-state index in [4.69, 9.17) is 9.84 Å². The minimum Gasteiger partial charge on any atom is -0.396 e. The molecule has 3 aliphatic heterocycles. The second-order valence-electron chi connectivity index (χ2n) is 11.0. The molecule has 1 spiro atoms. The lowest BCUT2D eigenvalue weighted by atomic mass is 9.70. The van der Waals surface area contributed by atoms with Gasteiger partial charge in [-0.25, -0.2) is 0 Å². The van der Waals surface area contributed by atoms with E-state index < -0.39 is 29.6 Å². The van der Waals surface area contributed by atoms with Gasteiger partial charge in [0.1, 0.15) is 11.6 Å². The summed E-state index contributed by atoms with van der Waals surface area (Å²) in [5.74, 6) is -1.90. The first-order valence-electron chi connectivity index (χ1n) is 13.9. The van der Waals surface area contributed by atoms with E-state index >= 15 is 0 Å². The van der Waals surface area contributed by atoms with E-state index in [9.17, 15) is 14.4 Å². The van der Waals surface area contributed by atoms with Crippen LogP contribution in [0.25, 0.3) is 0 Å². The van der Waals surface area contributed by atoms with Crippen molar-refractivity contribution in [3.8, 4) is 0 Å². The zero-order valence-electron chi connectivity index (χ0n) is 21.2. The molecule has 6 atom stereocenters. The van der Waals surface area contributed by atoms with E-state index in [1.165, 1.54) is 6.42 Å². The molecule has 37 heavy (non-hydrogen) atoms. The summed E-state index contributed by atoms with van der Waals surface area (Å²) in [4.78, 5) is 43.0. The molecule has 4 aliphatic rings. The van der Waals surface area contributed by atoms with Crippen molar-refractivity contribution < 1.29 is 24.2 Å². The molecule has 1 aromatic rings. The monoisotopic (exact) mass is 575 g/mol. The molecule has 9 heteroatoms. The third-order valence-corrected chi connectivity index (χ3v) is 9.49. The van der Waals surface area contributed by atoms with Crippen molar-refractivity contribution in [3.63, 3.8) is 0 Å². The van der Waals surface area contributed by atoms with Crippen molar-refractivity contribution in [2.24, 2.45) is 11.8 Å². The van der Waals surface area contributed by atoms with Crippen molar-refractivity contribution in [2.45, 2.75) is 92.8 Å². The van der Waals surface area contributed by atoms with E-state index in [0.717, 1.165) is 51.4 Å². The zero-order valence-corrected chi connectivity index (χ0v) is 22.8. The van der Waals surface area contributed by atoms with Gasteiger partial charge in [-0.05, 0) is 44.2 Å². The van der Waals surface area contributed by atoms with Crippen LogP contribution >= 0.6 is 15.9 Å². The number of alkyl halides is 1. The molecule has 3 heterocycles. The van der Waals surface area contributed by atoms with Gasteiger partial charge in [-0.2, -0.15) is 0 Å². The van der Waals surface area contributed by atoms with Crippen LogP contribution in [0.5, 0.6) is 0 Å². The Balaban J connectivity index is 1.41. The van der Waals surface area contributed by atoms with Gasteiger partial charge in [0.15, 0.2) is 0 Å². The van der Waals surface area contributed by atoms with Gasteiger partial charge in [-0.15, -0.1) is 0 Å². The summed E-state index contributed by atoms with van der Waals surface area (Å²) in [7, 11) is 0. The van der Waals surface area contributed by atoms with Gasteiger partial charge in [0.05, 0.1) is 17.9 Å². The van der Waals surface area contributed by atoms with Crippen molar-refractivity contribution in [3.05, 3.63) is 30.3 Å². The number of rotatable bonds is 10. The van der Waals surface area contributed by atoms with Crippen molar-refractivity contribution >= 4 is 39.3 Å². The third kappa shape index (κ3) is 5.06. The molecule has 8 nitrogen and oxygen atoms in total. The van der Waals surface area contributed by atoms with Gasteiger partial charge in [-0.1, -0.05) is 66.2 Å². The molecule has 3 amide bonds. The van der Waals surface area contributed by atoms with Crippen molar-refractivity contribution in [2.75, 3.05) is 18.5 Å². The Morgan fingerprint density at radius 3 is 2.51 bits per heavy atom. The molecule has 5 rings (SSSR count). The number of para-hydroxylation sites is 1. The van der Waals surface area contributed by atoms with Gasteiger partial charge < -0.3 is 25.4 Å². The topological polar surface area (TPSA) is 108 Å². The number of amides is 3. The van der Waals surface area contributed by atoms with E-state index in [2.05, 4.69) is 26.6 Å². The van der Waals surface area contributed by atoms with Crippen LogP contribution in [0.1, 0.15) is 64.2 Å². The standard InChI is InChI=1S/C28H38BrN3O5/c29-20-17-28-22(21(23(20)37-28)25(34)30-18-11-5-3-6-12-18)27(36)32(15-9-1-2-10-16-33)24(28)26(35)31-19-13-7-4-8-14-19/h3,5-6,11-12,19-24,33H,1-2,4,7-10,13-17H2,(H,30,34)(H,31,35)/t20?,21-,22-,23-,24?,28?/m0/s1. The summed E-state index contributed by atoms with van der Waals surface area (Å²) in [5, 5.41) is 15.3. The van der Waals surface area contributed by atoms with Crippen LogP contribution < -0.4 is 10.6 Å². The van der Waals surface area contributed by atoms with Gasteiger partial charge in [0.2, 0.25) is 17.7 Å². The fourth-order valence-electron chi connectivity index (χ4n) is 6.99. The van der Waals surface area contributed by atoms with Gasteiger partial charge >= 0.3 is 0 Å². The number of nitrogens with zero attached hydrogens (tertiary/aromatic N) is 1. The highest BCUT2D eigenvalue weighted by atomic mass is 79.9. The van der Waals surface area contributed by atoms with Crippen LogP contribution in [0, 0.1) is 11.8 Å². The summed E-state index contributed by atoms with van der Waals surface area (Å²) in [5.41, 5.74) is -0.341. The number of hydrogen-bond acceptors (Lipinski definition) is 5. The fourth-order valence-corrected chi connectivity index (χ4v) is 7.93. The molecule has 1 saturated carbocycles. The first-order valence-corrected chi connectivity index (χ1v) is 14.8. The molecule has 0 aromatic heterocycles. The maximum Gasteiger partial charge on any atom is 0.246 e. The molecule has 2 bridgehead atoms. The number of carbonyl (C=O) groups excluding carboxylic acids is 3. The molecule has 1 aromatic carbocycles. The molecule has 0 radical (unpaired) electrons. The van der Waals surface area contributed by atoms with Crippen LogP contribution in [0.2, 0.25) is 0 Å². The fraction of sp³-hybridized carbons (Fsp3) is 0.679. The predicted molar refractivity (Wildman–Crippen MR) is 143 cm³/mol. The lowest BCUT2D eigenvalue weighted by Gasteiger charge is -2.35. The number of likely N-dealkylation sites (tertiary alicyclic amines) is 1. The average Bonchev–Trinajstić information content (AvgIpc) is 3.48.